The van der Waals surface area contributed by atoms with Crippen LogP contribution in [0.2, 0.25) is 0 Å². The van der Waals surface area contributed by atoms with Crippen LogP contribution in [0.15, 0.2) is 40.5 Å². The number of carbonyl (C=O) groups is 1. The van der Waals surface area contributed by atoms with E-state index in [0.29, 0.717) is 5.92 Å². The van der Waals surface area contributed by atoms with E-state index < -0.39 is 0 Å². The van der Waals surface area contributed by atoms with Gasteiger partial charge in [0.2, 0.25) is 5.91 Å². The first-order valence-electron chi connectivity index (χ1n) is 7.98. The van der Waals surface area contributed by atoms with Crippen LogP contribution in [0.3, 0.4) is 0 Å². The molecule has 0 spiro atoms. The number of fused-ring (bicyclic) bond motifs is 1. The van der Waals surface area contributed by atoms with Gasteiger partial charge >= 0.3 is 0 Å². The van der Waals surface area contributed by atoms with Crippen molar-refractivity contribution in [1.82, 2.24) is 4.90 Å². The van der Waals surface area contributed by atoms with E-state index in [1.807, 2.05) is 17.0 Å². The number of carbonyl (C=O) groups excluding carboxylic acids is 1. The highest BCUT2D eigenvalue weighted by atomic mass is 32.1. The highest BCUT2D eigenvalue weighted by Gasteiger charge is 2.38. The molecule has 2 atom stereocenters. The van der Waals surface area contributed by atoms with Crippen molar-refractivity contribution in [2.45, 2.75) is 18.9 Å². The monoisotopic (exact) mass is 329 g/mol. The van der Waals surface area contributed by atoms with E-state index in [4.69, 9.17) is 9.15 Å². The molecule has 5 heteroatoms. The fourth-order valence-corrected chi connectivity index (χ4v) is 4.65. The van der Waals surface area contributed by atoms with Gasteiger partial charge in [-0.2, -0.15) is 0 Å². The van der Waals surface area contributed by atoms with Crippen molar-refractivity contribution >= 4 is 23.3 Å². The molecule has 0 saturated carbocycles. The van der Waals surface area contributed by atoms with Gasteiger partial charge in [-0.05, 0) is 42.0 Å². The Morgan fingerprint density at radius 2 is 2.35 bits per heavy atom. The van der Waals surface area contributed by atoms with Crippen molar-refractivity contribution in [1.29, 1.82) is 0 Å². The molecule has 1 fully saturated rings. The summed E-state index contributed by atoms with van der Waals surface area (Å²) < 4.78 is 10.6. The Morgan fingerprint density at radius 1 is 1.39 bits per heavy atom. The number of nitrogens with zero attached hydrogens (tertiary/aromatic N) is 1. The molecule has 2 aliphatic heterocycles. The molecule has 4 rings (SSSR count). The molecule has 2 aromatic rings. The van der Waals surface area contributed by atoms with E-state index in [1.165, 1.54) is 10.4 Å². The van der Waals surface area contributed by atoms with Gasteiger partial charge in [-0.15, -0.1) is 11.3 Å². The molecule has 1 saturated heterocycles. The van der Waals surface area contributed by atoms with Crippen LogP contribution in [0.25, 0.3) is 6.08 Å². The molecule has 0 radical (unpaired) electrons. The molecule has 2 aliphatic rings. The number of hydrogen-bond acceptors (Lipinski definition) is 4. The molecule has 4 nitrogen and oxygen atoms in total. The fraction of sp³-hybridized carbons (Fsp3) is 0.389. The molecule has 0 bridgehead atoms. The number of ether oxygens (including phenoxy) is 1. The summed E-state index contributed by atoms with van der Waals surface area (Å²) in [5, 5.41) is 2.14. The smallest absolute Gasteiger partial charge is 0.247 e. The molecule has 2 aromatic heterocycles. The van der Waals surface area contributed by atoms with Crippen molar-refractivity contribution in [2.75, 3.05) is 19.8 Å². The minimum atomic E-state index is 0.0714. The van der Waals surface area contributed by atoms with Crippen LogP contribution in [0.5, 0.6) is 0 Å². The number of thiophene rings is 1. The molecule has 4 heterocycles. The lowest BCUT2D eigenvalue weighted by molar-refractivity contribution is -0.130. The van der Waals surface area contributed by atoms with Gasteiger partial charge in [-0.25, -0.2) is 0 Å². The van der Waals surface area contributed by atoms with Gasteiger partial charge in [0.1, 0.15) is 0 Å². The van der Waals surface area contributed by atoms with Gasteiger partial charge in [0.15, 0.2) is 0 Å². The third kappa shape index (κ3) is 2.86. The van der Waals surface area contributed by atoms with Gasteiger partial charge in [-0.3, -0.25) is 4.79 Å². The van der Waals surface area contributed by atoms with Gasteiger partial charge in [0.25, 0.3) is 0 Å². The van der Waals surface area contributed by atoms with Crippen molar-refractivity contribution in [2.24, 2.45) is 5.92 Å². The lowest BCUT2D eigenvalue weighted by Crippen LogP contribution is -2.42. The second-order valence-corrected chi connectivity index (χ2v) is 7.00. The predicted octanol–water partition coefficient (Wildman–Crippen LogP) is 3.52. The fourth-order valence-electron chi connectivity index (χ4n) is 3.49. The Labute approximate surface area is 139 Å². The molecule has 120 valence electrons. The first kappa shape index (κ1) is 14.7. The average Bonchev–Trinajstić information content (AvgIpc) is 3.33. The highest BCUT2D eigenvalue weighted by Crippen LogP contribution is 2.41. The maximum atomic E-state index is 12.8. The lowest BCUT2D eigenvalue weighted by Gasteiger charge is -2.38. The summed E-state index contributed by atoms with van der Waals surface area (Å²) in [7, 11) is 0. The minimum Gasteiger partial charge on any atom is -0.472 e. The van der Waals surface area contributed by atoms with Crippen molar-refractivity contribution in [3.8, 4) is 0 Å². The quantitative estimate of drug-likeness (QED) is 0.809. The summed E-state index contributed by atoms with van der Waals surface area (Å²) in [6.07, 6.45) is 8.69. The first-order chi connectivity index (χ1) is 11.3. The van der Waals surface area contributed by atoms with E-state index in [-0.39, 0.29) is 11.9 Å². The van der Waals surface area contributed by atoms with E-state index in [1.54, 1.807) is 29.9 Å². The number of hydrogen-bond donors (Lipinski definition) is 0. The topological polar surface area (TPSA) is 42.7 Å². The molecular formula is C18H19NO3S. The summed E-state index contributed by atoms with van der Waals surface area (Å²) in [5.41, 5.74) is 2.31. The molecule has 0 aliphatic carbocycles. The largest absolute Gasteiger partial charge is 0.472 e. The predicted molar refractivity (Wildman–Crippen MR) is 89.1 cm³/mol. The zero-order valence-electron chi connectivity index (χ0n) is 12.8. The Balaban J connectivity index is 1.59. The Bertz CT molecular complexity index is 698. The summed E-state index contributed by atoms with van der Waals surface area (Å²) in [5.74, 6) is 0.473. The van der Waals surface area contributed by atoms with E-state index in [2.05, 4.69) is 11.4 Å². The normalized spacial score (nSPS) is 24.3. The lowest BCUT2D eigenvalue weighted by atomic mass is 9.90. The molecule has 0 N–H and O–H groups in total. The zero-order chi connectivity index (χ0) is 15.6. The van der Waals surface area contributed by atoms with Crippen LogP contribution < -0.4 is 0 Å². The Hall–Kier alpha value is -1.85. The number of rotatable bonds is 3. The average molecular weight is 329 g/mol. The highest BCUT2D eigenvalue weighted by molar-refractivity contribution is 7.10. The summed E-state index contributed by atoms with van der Waals surface area (Å²) in [6.45, 7) is 2.32. The van der Waals surface area contributed by atoms with Crippen molar-refractivity contribution < 1.29 is 13.9 Å². The van der Waals surface area contributed by atoms with Gasteiger partial charge in [-0.1, -0.05) is 0 Å². The maximum absolute atomic E-state index is 12.8. The standard InChI is InChI=1S/C18H19NO3S/c20-16(2-1-13-4-8-21-11-13)19-7-3-14-6-10-23-18(14)17(19)15-5-9-22-12-15/h1-2,4,6,8,10-11,15,17H,3,5,7,9,12H2. The SMILES string of the molecule is O=C(C=Cc1ccoc1)N1CCc2ccsc2C1C1CCOC1. The molecular weight excluding hydrogens is 310 g/mol. The van der Waals surface area contributed by atoms with Crippen LogP contribution in [-0.2, 0) is 16.0 Å². The van der Waals surface area contributed by atoms with E-state index in [0.717, 1.165) is 38.2 Å². The number of furan rings is 1. The van der Waals surface area contributed by atoms with Crippen LogP contribution in [-0.4, -0.2) is 30.6 Å². The Morgan fingerprint density at radius 3 is 3.13 bits per heavy atom. The number of amides is 1. The van der Waals surface area contributed by atoms with Crippen LogP contribution in [0.1, 0.15) is 28.5 Å². The van der Waals surface area contributed by atoms with Crippen molar-refractivity contribution in [3.05, 3.63) is 52.1 Å². The zero-order valence-corrected chi connectivity index (χ0v) is 13.6. The molecule has 2 unspecified atom stereocenters. The van der Waals surface area contributed by atoms with Crippen LogP contribution in [0.4, 0.5) is 0 Å². The summed E-state index contributed by atoms with van der Waals surface area (Å²) >= 11 is 1.77. The Kier molecular flexibility index (Phi) is 4.06. The van der Waals surface area contributed by atoms with Gasteiger partial charge < -0.3 is 14.1 Å². The molecule has 23 heavy (non-hydrogen) atoms. The summed E-state index contributed by atoms with van der Waals surface area (Å²) in [6, 6.07) is 4.20. The van der Waals surface area contributed by atoms with E-state index >= 15 is 0 Å². The first-order valence-corrected chi connectivity index (χ1v) is 8.86. The van der Waals surface area contributed by atoms with Crippen molar-refractivity contribution in [3.63, 3.8) is 0 Å². The third-order valence-electron chi connectivity index (χ3n) is 4.66. The second kappa shape index (κ2) is 6.34. The van der Waals surface area contributed by atoms with E-state index in [9.17, 15) is 4.79 Å². The van der Waals surface area contributed by atoms with Gasteiger partial charge in [0, 0.05) is 35.6 Å². The minimum absolute atomic E-state index is 0.0714. The van der Waals surface area contributed by atoms with Crippen LogP contribution >= 0.6 is 11.3 Å². The van der Waals surface area contributed by atoms with Crippen LogP contribution in [0, 0.1) is 5.92 Å². The molecule has 0 aromatic carbocycles. The molecule has 1 amide bonds. The van der Waals surface area contributed by atoms with Gasteiger partial charge in [0.05, 0.1) is 25.2 Å². The third-order valence-corrected chi connectivity index (χ3v) is 5.69. The summed E-state index contributed by atoms with van der Waals surface area (Å²) in [4.78, 5) is 16.1. The maximum Gasteiger partial charge on any atom is 0.247 e. The second-order valence-electron chi connectivity index (χ2n) is 6.05.